The summed E-state index contributed by atoms with van der Waals surface area (Å²) in [5, 5.41) is 12.8. The second-order valence-corrected chi connectivity index (χ2v) is 12.0. The van der Waals surface area contributed by atoms with Crippen molar-refractivity contribution in [3.8, 4) is 0 Å². The van der Waals surface area contributed by atoms with Crippen molar-refractivity contribution in [3.63, 3.8) is 0 Å². The van der Waals surface area contributed by atoms with Gasteiger partial charge in [0.25, 0.3) is 0 Å². The fourth-order valence-electron chi connectivity index (χ4n) is 3.86. The summed E-state index contributed by atoms with van der Waals surface area (Å²) in [6, 6.07) is 3.01. The summed E-state index contributed by atoms with van der Waals surface area (Å²) >= 11 is 6.46. The molecule has 1 N–H and O–H groups in total. The molecule has 0 spiro atoms. The third kappa shape index (κ3) is 4.52. The van der Waals surface area contributed by atoms with Crippen LogP contribution in [0.4, 0.5) is 0 Å². The van der Waals surface area contributed by atoms with Crippen LogP contribution in [-0.2, 0) is 23.8 Å². The van der Waals surface area contributed by atoms with Gasteiger partial charge in [0.1, 0.15) is 29.9 Å². The molecule has 2 aliphatic rings. The number of hydrogen-bond acceptors (Lipinski definition) is 8. The van der Waals surface area contributed by atoms with Crippen molar-refractivity contribution in [3.05, 3.63) is 40.8 Å². The molecule has 1 unspecified atom stereocenters. The van der Waals surface area contributed by atoms with Crippen molar-refractivity contribution in [2.24, 2.45) is 0 Å². The smallest absolute Gasteiger partial charge is 0.330 e. The Kier molecular flexibility index (Phi) is 7.81. The number of esters is 1. The summed E-state index contributed by atoms with van der Waals surface area (Å²) in [5.74, 6) is -0.661. The van der Waals surface area contributed by atoms with E-state index in [1.807, 2.05) is 38.3 Å². The van der Waals surface area contributed by atoms with E-state index in [1.54, 1.807) is 13.0 Å². The summed E-state index contributed by atoms with van der Waals surface area (Å²) in [6.07, 6.45) is 1.29. The molecule has 0 bridgehead atoms. The first kappa shape index (κ1) is 25.3. The van der Waals surface area contributed by atoms with Crippen LogP contribution in [0.5, 0.6) is 0 Å². The molecule has 0 aliphatic carbocycles. The van der Waals surface area contributed by atoms with E-state index in [0.717, 1.165) is 4.88 Å². The van der Waals surface area contributed by atoms with Crippen LogP contribution in [0.15, 0.2) is 35.9 Å². The lowest BCUT2D eigenvalue weighted by molar-refractivity contribution is -0.168. The fraction of sp³-hybridized carbons (Fsp3) is 0.545. The average Bonchev–Trinajstić information content (AvgIpc) is 3.34. The van der Waals surface area contributed by atoms with E-state index in [2.05, 4.69) is 22.5 Å². The van der Waals surface area contributed by atoms with Gasteiger partial charge in [0.05, 0.1) is 0 Å². The molecule has 0 aromatic carbocycles. The van der Waals surface area contributed by atoms with Gasteiger partial charge in [-0.25, -0.2) is 4.79 Å². The molecule has 7 nitrogen and oxygen atoms in total. The summed E-state index contributed by atoms with van der Waals surface area (Å²) in [5.41, 5.74) is 0. The van der Waals surface area contributed by atoms with E-state index in [1.165, 1.54) is 34.1 Å². The van der Waals surface area contributed by atoms with Crippen LogP contribution in [0.25, 0.3) is 6.08 Å². The number of thiophene rings is 1. The van der Waals surface area contributed by atoms with Crippen LogP contribution >= 0.6 is 39.0 Å². The number of halogens is 1. The van der Waals surface area contributed by atoms with Crippen molar-refractivity contribution >= 4 is 57.0 Å². The lowest BCUT2D eigenvalue weighted by Crippen LogP contribution is -2.75. The van der Waals surface area contributed by atoms with Crippen LogP contribution in [0.3, 0.4) is 0 Å². The Bertz CT molecular complexity index is 889. The molecule has 5 atom stereocenters. The summed E-state index contributed by atoms with van der Waals surface area (Å²) in [4.78, 5) is 28.4. The van der Waals surface area contributed by atoms with E-state index >= 15 is 0 Å². The minimum absolute atomic E-state index is 0.0711. The lowest BCUT2D eigenvalue weighted by atomic mass is 9.86. The molecule has 0 saturated carbocycles. The molecule has 10 heteroatoms. The number of carbonyl (C=O) groups is 2. The highest BCUT2D eigenvalue weighted by molar-refractivity contribution is 9.10. The number of nitrogens with zero attached hydrogens (tertiary/aromatic N) is 1. The summed E-state index contributed by atoms with van der Waals surface area (Å²) in [7, 11) is 0. The van der Waals surface area contributed by atoms with Crippen LogP contribution in [0.2, 0.25) is 0 Å². The van der Waals surface area contributed by atoms with Gasteiger partial charge in [0, 0.05) is 16.2 Å². The number of alkyl halides is 1. The Hall–Kier alpha value is -1.33. The maximum atomic E-state index is 13.4. The standard InChI is InChI=1S/C22H28BrNO6S2/c1-6-10-29-18(26)16-21(4,5)32-20-22(23,19(27)24(16)20)17(25)15(30-13(3)28-7-2)12-14-9-8-11-31-14/h6,8-9,11-13,16-17,20,25H,1,7,10H2,2-5H3/t13-,16+,17?,20-,22+/m1/s1. The predicted molar refractivity (Wildman–Crippen MR) is 129 cm³/mol. The Labute approximate surface area is 204 Å². The van der Waals surface area contributed by atoms with E-state index in [0.29, 0.717) is 6.61 Å². The first-order valence-corrected chi connectivity index (χ1v) is 12.8. The quantitative estimate of drug-likeness (QED) is 0.119. The Morgan fingerprint density at radius 2 is 2.19 bits per heavy atom. The van der Waals surface area contributed by atoms with E-state index in [-0.39, 0.29) is 12.4 Å². The number of amides is 1. The topological polar surface area (TPSA) is 85.3 Å². The van der Waals surface area contributed by atoms with E-state index in [4.69, 9.17) is 14.2 Å². The van der Waals surface area contributed by atoms with Gasteiger partial charge in [-0.15, -0.1) is 23.1 Å². The fourth-order valence-corrected chi connectivity index (χ4v) is 7.09. The molecule has 176 valence electrons. The molecular weight excluding hydrogens is 518 g/mol. The van der Waals surface area contributed by atoms with Gasteiger partial charge in [-0.1, -0.05) is 34.7 Å². The van der Waals surface area contributed by atoms with Crippen molar-refractivity contribution in [1.29, 1.82) is 0 Å². The number of rotatable bonds is 10. The highest BCUT2D eigenvalue weighted by atomic mass is 79.9. The van der Waals surface area contributed by atoms with Crippen LogP contribution in [0, 0.1) is 0 Å². The van der Waals surface area contributed by atoms with Gasteiger partial charge in [0.2, 0.25) is 5.91 Å². The highest BCUT2D eigenvalue weighted by Gasteiger charge is 2.73. The second-order valence-electron chi connectivity index (χ2n) is 7.98. The lowest BCUT2D eigenvalue weighted by Gasteiger charge is -2.52. The Morgan fingerprint density at radius 3 is 2.78 bits per heavy atom. The van der Waals surface area contributed by atoms with Gasteiger partial charge in [-0.2, -0.15) is 0 Å². The van der Waals surface area contributed by atoms with Crippen LogP contribution in [-0.4, -0.2) is 68.0 Å². The molecule has 0 radical (unpaired) electrons. The zero-order valence-corrected chi connectivity index (χ0v) is 21.7. The Balaban J connectivity index is 1.90. The van der Waals surface area contributed by atoms with Crippen molar-refractivity contribution in [1.82, 2.24) is 4.90 Å². The number of carbonyl (C=O) groups excluding carboxylic acids is 2. The maximum Gasteiger partial charge on any atom is 0.330 e. The Morgan fingerprint density at radius 1 is 1.47 bits per heavy atom. The molecular formula is C22H28BrNO6S2. The molecule has 1 aromatic rings. The molecule has 2 fully saturated rings. The normalized spacial score (nSPS) is 28.5. The molecule has 1 aromatic heterocycles. The van der Waals surface area contributed by atoms with Crippen LogP contribution < -0.4 is 0 Å². The molecule has 3 rings (SSSR count). The van der Waals surface area contributed by atoms with Crippen LogP contribution in [0.1, 0.15) is 32.6 Å². The zero-order chi connectivity index (χ0) is 23.7. The van der Waals surface area contributed by atoms with E-state index in [9.17, 15) is 14.7 Å². The largest absolute Gasteiger partial charge is 0.467 e. The molecule has 1 amide bonds. The summed E-state index contributed by atoms with van der Waals surface area (Å²) in [6.45, 7) is 11.4. The zero-order valence-electron chi connectivity index (χ0n) is 18.4. The van der Waals surface area contributed by atoms with Crippen molar-refractivity contribution in [2.45, 2.75) is 60.6 Å². The van der Waals surface area contributed by atoms with Crippen molar-refractivity contribution < 1.29 is 28.9 Å². The molecule has 2 aliphatic heterocycles. The monoisotopic (exact) mass is 545 g/mol. The third-order valence-corrected chi connectivity index (χ3v) is 9.27. The maximum absolute atomic E-state index is 13.4. The first-order chi connectivity index (χ1) is 15.1. The molecule has 3 heterocycles. The average molecular weight is 547 g/mol. The number of hydrogen-bond donors (Lipinski definition) is 1. The minimum Gasteiger partial charge on any atom is -0.467 e. The SMILES string of the molecule is C=CCOC(=O)[C@@H]1N2C(=O)[C@@](Br)(C(O)C(=Cc3cccs3)O[C@H](C)OCC)[C@H]2SC1(C)C. The molecule has 32 heavy (non-hydrogen) atoms. The van der Waals surface area contributed by atoms with Gasteiger partial charge in [0.15, 0.2) is 10.6 Å². The van der Waals surface area contributed by atoms with E-state index < -0.39 is 44.8 Å². The highest BCUT2D eigenvalue weighted by Crippen LogP contribution is 2.60. The predicted octanol–water partition coefficient (Wildman–Crippen LogP) is 3.77. The number of aliphatic hydroxyl groups is 1. The summed E-state index contributed by atoms with van der Waals surface area (Å²) < 4.78 is 14.7. The second kappa shape index (κ2) is 9.89. The minimum atomic E-state index is -1.35. The number of aliphatic hydroxyl groups excluding tert-OH is 1. The van der Waals surface area contributed by atoms with Gasteiger partial charge < -0.3 is 24.2 Å². The number of β-lactam (4-membered cyclic amide) rings is 1. The van der Waals surface area contributed by atoms with Gasteiger partial charge in [-0.3, -0.25) is 4.79 Å². The van der Waals surface area contributed by atoms with Gasteiger partial charge >= 0.3 is 5.97 Å². The number of fused-ring (bicyclic) bond motifs is 1. The number of thioether (sulfide) groups is 1. The molecule has 2 saturated heterocycles. The van der Waals surface area contributed by atoms with Crippen molar-refractivity contribution in [2.75, 3.05) is 13.2 Å². The third-order valence-electron chi connectivity index (χ3n) is 5.29. The number of ether oxygens (including phenoxy) is 3. The first-order valence-electron chi connectivity index (χ1n) is 10.3. The van der Waals surface area contributed by atoms with Gasteiger partial charge in [-0.05, 0) is 45.2 Å².